The van der Waals surface area contributed by atoms with Crippen LogP contribution in [0.2, 0.25) is 0 Å². The molecule has 30 heavy (non-hydrogen) atoms. The van der Waals surface area contributed by atoms with E-state index in [9.17, 15) is 23.2 Å². The van der Waals surface area contributed by atoms with E-state index in [4.69, 9.17) is 10.5 Å². The van der Waals surface area contributed by atoms with E-state index in [1.165, 1.54) is 24.3 Å². The maximum absolute atomic E-state index is 14.3. The van der Waals surface area contributed by atoms with E-state index in [0.717, 1.165) is 4.90 Å². The van der Waals surface area contributed by atoms with Crippen LogP contribution in [0.4, 0.5) is 13.2 Å². The number of primary amides is 1. The van der Waals surface area contributed by atoms with Crippen molar-refractivity contribution >= 4 is 11.7 Å². The largest absolute Gasteiger partial charge is 0.494 e. The number of carbonyl (C=O) groups excluding carboxylic acids is 1. The summed E-state index contributed by atoms with van der Waals surface area (Å²) in [6.07, 6.45) is -4.06. The lowest BCUT2D eigenvalue weighted by atomic mass is 9.93. The molecule has 1 saturated carbocycles. The van der Waals surface area contributed by atoms with Crippen LogP contribution in [0.5, 0.6) is 0 Å². The van der Waals surface area contributed by atoms with Crippen LogP contribution >= 0.6 is 0 Å². The molecule has 0 unspecified atom stereocenters. The third-order valence-electron chi connectivity index (χ3n) is 5.24. The summed E-state index contributed by atoms with van der Waals surface area (Å²) in [6, 6.07) is 4.34. The van der Waals surface area contributed by atoms with Crippen LogP contribution in [0, 0.1) is 17.2 Å². The molecule has 1 fully saturated rings. The lowest BCUT2D eigenvalue weighted by Crippen LogP contribution is -2.56. The first-order valence-corrected chi connectivity index (χ1v) is 9.94. The summed E-state index contributed by atoms with van der Waals surface area (Å²) in [5.41, 5.74) is 4.67. The van der Waals surface area contributed by atoms with E-state index in [0.29, 0.717) is 17.9 Å². The van der Waals surface area contributed by atoms with Crippen LogP contribution in [0.25, 0.3) is 5.76 Å². The topological polar surface area (TPSA) is 79.3 Å². The Kier molecular flexibility index (Phi) is 7.19. The molecule has 1 aliphatic carbocycles. The van der Waals surface area contributed by atoms with Crippen molar-refractivity contribution in [1.29, 1.82) is 5.26 Å². The van der Waals surface area contributed by atoms with Crippen LogP contribution in [-0.4, -0.2) is 35.2 Å². The molecule has 0 spiro atoms. The van der Waals surface area contributed by atoms with Crippen molar-refractivity contribution in [3.05, 3.63) is 42.0 Å². The minimum absolute atomic E-state index is 0.0629. The number of amides is 1. The molecule has 1 aromatic rings. The summed E-state index contributed by atoms with van der Waals surface area (Å²) in [7, 11) is 0. The van der Waals surface area contributed by atoms with Gasteiger partial charge in [-0.15, -0.1) is 0 Å². The van der Waals surface area contributed by atoms with Gasteiger partial charge in [-0.05, 0) is 37.7 Å². The number of ether oxygens (including phenoxy) is 1. The van der Waals surface area contributed by atoms with E-state index >= 15 is 0 Å². The number of nitrogens with two attached hydrogens (primary N) is 1. The van der Waals surface area contributed by atoms with Crippen molar-refractivity contribution in [3.63, 3.8) is 0 Å². The van der Waals surface area contributed by atoms with E-state index in [2.05, 4.69) is 6.58 Å². The normalized spacial score (nSPS) is 17.3. The van der Waals surface area contributed by atoms with Crippen molar-refractivity contribution in [2.45, 2.75) is 63.8 Å². The summed E-state index contributed by atoms with van der Waals surface area (Å²) in [5, 5.41) is 9.69. The van der Waals surface area contributed by atoms with Crippen LogP contribution in [0.1, 0.15) is 57.2 Å². The van der Waals surface area contributed by atoms with E-state index in [1.807, 2.05) is 6.07 Å². The molecular formula is C22H28F3N3O2. The molecule has 0 bridgehead atoms. The van der Waals surface area contributed by atoms with Crippen molar-refractivity contribution in [2.24, 2.45) is 11.7 Å². The van der Waals surface area contributed by atoms with Gasteiger partial charge in [-0.1, -0.05) is 44.7 Å². The number of hydrogen-bond donors (Lipinski definition) is 1. The van der Waals surface area contributed by atoms with Gasteiger partial charge < -0.3 is 10.5 Å². The maximum atomic E-state index is 14.3. The summed E-state index contributed by atoms with van der Waals surface area (Å²) < 4.78 is 48.3. The summed E-state index contributed by atoms with van der Waals surface area (Å²) >= 11 is 0. The number of nitriles is 1. The molecule has 2 atom stereocenters. The lowest BCUT2D eigenvalue weighted by molar-refractivity contribution is -0.200. The number of benzene rings is 1. The summed E-state index contributed by atoms with van der Waals surface area (Å²) in [6.45, 7) is 9.54. The molecule has 1 aromatic carbocycles. The molecule has 2 rings (SSSR count). The Morgan fingerprint density at radius 2 is 1.90 bits per heavy atom. The zero-order chi connectivity index (χ0) is 22.7. The van der Waals surface area contributed by atoms with E-state index in [1.54, 1.807) is 20.8 Å². The van der Waals surface area contributed by atoms with Crippen LogP contribution in [-0.2, 0) is 9.53 Å². The Balaban J connectivity index is 2.56. The van der Waals surface area contributed by atoms with E-state index in [-0.39, 0.29) is 30.7 Å². The molecule has 164 valence electrons. The van der Waals surface area contributed by atoms with Crippen LogP contribution in [0.15, 0.2) is 30.8 Å². The zero-order valence-corrected chi connectivity index (χ0v) is 17.5. The first kappa shape index (κ1) is 23.7. The minimum Gasteiger partial charge on any atom is -0.494 e. The van der Waals surface area contributed by atoms with Gasteiger partial charge in [0.05, 0.1) is 18.7 Å². The van der Waals surface area contributed by atoms with Gasteiger partial charge in [-0.3, -0.25) is 9.69 Å². The van der Waals surface area contributed by atoms with Crippen LogP contribution < -0.4 is 5.73 Å². The first-order valence-electron chi connectivity index (χ1n) is 9.94. The fraction of sp³-hybridized carbons (Fsp3) is 0.545. The summed E-state index contributed by atoms with van der Waals surface area (Å²) in [4.78, 5) is 13.2. The van der Waals surface area contributed by atoms with Crippen LogP contribution in [0.3, 0.4) is 0 Å². The Labute approximate surface area is 175 Å². The van der Waals surface area contributed by atoms with Gasteiger partial charge in [0, 0.05) is 5.56 Å². The second-order valence-electron chi connectivity index (χ2n) is 8.02. The maximum Gasteiger partial charge on any atom is 0.408 e. The Morgan fingerprint density at radius 3 is 2.27 bits per heavy atom. The molecule has 0 aromatic heterocycles. The van der Waals surface area contributed by atoms with Gasteiger partial charge in [0.2, 0.25) is 5.91 Å². The fourth-order valence-electron chi connectivity index (χ4n) is 3.70. The van der Waals surface area contributed by atoms with Crippen molar-refractivity contribution in [1.82, 2.24) is 4.90 Å². The highest BCUT2D eigenvalue weighted by Gasteiger charge is 2.60. The predicted molar refractivity (Wildman–Crippen MR) is 108 cm³/mol. The number of alkyl halides is 3. The molecule has 8 heteroatoms. The average Bonchev–Trinajstić information content (AvgIpc) is 3.44. The SMILES string of the molecule is C=C(OCC)c1ccc([C@H](N([C@@H](CC(C)C)C(N)=O)C2(C#N)CC2)C(F)(F)F)cc1. The third-order valence-corrected chi connectivity index (χ3v) is 5.24. The second kappa shape index (κ2) is 9.09. The first-order chi connectivity index (χ1) is 14.0. The molecular weight excluding hydrogens is 395 g/mol. The Morgan fingerprint density at radius 1 is 1.33 bits per heavy atom. The fourth-order valence-corrected chi connectivity index (χ4v) is 3.70. The third kappa shape index (κ3) is 5.14. The number of nitrogens with zero attached hydrogens (tertiary/aromatic N) is 2. The molecule has 0 heterocycles. The van der Waals surface area contributed by atoms with Gasteiger partial charge in [-0.2, -0.15) is 18.4 Å². The van der Waals surface area contributed by atoms with Gasteiger partial charge in [0.25, 0.3) is 0 Å². The minimum atomic E-state index is -4.71. The number of rotatable bonds is 10. The average molecular weight is 423 g/mol. The number of hydrogen-bond acceptors (Lipinski definition) is 4. The second-order valence-corrected chi connectivity index (χ2v) is 8.02. The Bertz CT molecular complexity index is 808. The predicted octanol–water partition coefficient (Wildman–Crippen LogP) is 4.56. The number of carbonyl (C=O) groups is 1. The highest BCUT2D eigenvalue weighted by Crippen LogP contribution is 2.52. The number of halogens is 3. The Hall–Kier alpha value is -2.53. The van der Waals surface area contributed by atoms with Gasteiger partial charge in [0.15, 0.2) is 0 Å². The molecule has 0 saturated heterocycles. The highest BCUT2D eigenvalue weighted by molar-refractivity contribution is 5.80. The lowest BCUT2D eigenvalue weighted by Gasteiger charge is -2.41. The van der Waals surface area contributed by atoms with Crippen molar-refractivity contribution in [3.8, 4) is 6.07 Å². The zero-order valence-electron chi connectivity index (χ0n) is 17.5. The monoisotopic (exact) mass is 423 g/mol. The standard InChI is InChI=1S/C22H28F3N3O2/c1-5-30-15(4)16-6-8-17(9-7-16)19(22(23,24)25)28(21(13-26)10-11-21)18(20(27)29)12-14(2)3/h6-9,14,18-19H,4-5,10-12H2,1-3H3,(H2,27,29)/t18-,19-/m0/s1. The van der Waals surface area contributed by atoms with Gasteiger partial charge in [-0.25, -0.2) is 0 Å². The molecule has 0 aliphatic heterocycles. The highest BCUT2D eigenvalue weighted by atomic mass is 19.4. The molecule has 0 radical (unpaired) electrons. The molecule has 5 nitrogen and oxygen atoms in total. The molecule has 2 N–H and O–H groups in total. The molecule has 1 amide bonds. The summed E-state index contributed by atoms with van der Waals surface area (Å²) in [5.74, 6) is -0.582. The molecule has 1 aliphatic rings. The quantitative estimate of drug-likeness (QED) is 0.560. The van der Waals surface area contributed by atoms with Crippen molar-refractivity contribution in [2.75, 3.05) is 6.61 Å². The van der Waals surface area contributed by atoms with Gasteiger partial charge >= 0.3 is 6.18 Å². The van der Waals surface area contributed by atoms with Gasteiger partial charge in [0.1, 0.15) is 17.3 Å². The van der Waals surface area contributed by atoms with Crippen molar-refractivity contribution < 1.29 is 22.7 Å². The smallest absolute Gasteiger partial charge is 0.408 e. The van der Waals surface area contributed by atoms with E-state index < -0.39 is 29.7 Å².